The number of nitrogens with one attached hydrogen (secondary N) is 6. The summed E-state index contributed by atoms with van der Waals surface area (Å²) in [7, 11) is 0. The molecule has 4 aromatic rings. The number of hydrogen-bond acceptors (Lipinski definition) is 7. The number of amides is 4. The molecular formula is C40H45F3N6O6S. The first-order valence-electron chi connectivity index (χ1n) is 18.3. The molecule has 4 amide bonds. The minimum Gasteiger partial charge on any atom is -0.475 e. The van der Waals surface area contributed by atoms with Crippen molar-refractivity contribution in [3.05, 3.63) is 108 Å². The van der Waals surface area contributed by atoms with E-state index in [4.69, 9.17) is 9.90 Å². The van der Waals surface area contributed by atoms with Crippen LogP contribution in [0.2, 0.25) is 0 Å². The fourth-order valence-corrected chi connectivity index (χ4v) is 7.70. The van der Waals surface area contributed by atoms with E-state index < -0.39 is 48.1 Å². The molecule has 0 spiro atoms. The maximum atomic E-state index is 14.2. The number of alkyl halides is 3. The van der Waals surface area contributed by atoms with Gasteiger partial charge >= 0.3 is 12.1 Å². The summed E-state index contributed by atoms with van der Waals surface area (Å²) < 4.78 is 31.7. The Balaban J connectivity index is 0.000000784. The summed E-state index contributed by atoms with van der Waals surface area (Å²) in [5.74, 6) is -2.34. The van der Waals surface area contributed by atoms with Crippen molar-refractivity contribution < 1.29 is 42.3 Å². The largest absolute Gasteiger partial charge is 0.490 e. The molecule has 2 saturated heterocycles. The Hall–Kier alpha value is -5.35. The van der Waals surface area contributed by atoms with Crippen LogP contribution >= 0.6 is 11.8 Å². The SMILES string of the molecule is O=C(O)C(F)(F)F.O=C1C[C@@H](NC2CCSCC2)C(=O)NC[C@@H](Cc2ccccc2)NC(=O)[C@H](Cc2ccccc2)NC(=O)[C@H](Cc2c[nH]c3ccccc23)N1. The number of H-pyrrole nitrogens is 1. The van der Waals surface area contributed by atoms with Gasteiger partial charge in [0.2, 0.25) is 23.6 Å². The minimum absolute atomic E-state index is 0.104. The van der Waals surface area contributed by atoms with Crippen LogP contribution in [0.5, 0.6) is 0 Å². The van der Waals surface area contributed by atoms with Crippen molar-refractivity contribution >= 4 is 52.3 Å². The average Bonchev–Trinajstić information content (AvgIpc) is 3.59. The molecule has 3 heterocycles. The number of benzene rings is 3. The Bertz CT molecular complexity index is 1940. The lowest BCUT2D eigenvalue weighted by Gasteiger charge is -2.30. The number of carboxylic acids is 1. The number of thioether (sulfide) groups is 1. The Kier molecular flexibility index (Phi) is 14.9. The molecule has 0 saturated carbocycles. The third-order valence-corrected chi connectivity index (χ3v) is 10.5. The lowest BCUT2D eigenvalue weighted by molar-refractivity contribution is -0.192. The highest BCUT2D eigenvalue weighted by atomic mass is 32.2. The molecule has 0 aliphatic carbocycles. The van der Waals surface area contributed by atoms with E-state index in [1.165, 1.54) is 0 Å². The third kappa shape index (κ3) is 12.6. The molecule has 0 radical (unpaired) electrons. The average molecular weight is 795 g/mol. The summed E-state index contributed by atoms with van der Waals surface area (Å²) in [4.78, 5) is 67.9. The molecule has 3 aromatic carbocycles. The van der Waals surface area contributed by atoms with Crippen molar-refractivity contribution in [2.24, 2.45) is 0 Å². The van der Waals surface area contributed by atoms with Gasteiger partial charge in [-0.05, 0) is 53.5 Å². The van der Waals surface area contributed by atoms with E-state index in [1.807, 2.05) is 103 Å². The molecular weight excluding hydrogens is 750 g/mol. The van der Waals surface area contributed by atoms with Crippen LogP contribution in [-0.4, -0.2) is 94.1 Å². The second-order valence-corrected chi connectivity index (χ2v) is 14.9. The fourth-order valence-electron chi connectivity index (χ4n) is 6.60. The molecule has 6 rings (SSSR count). The molecule has 0 unspecified atom stereocenters. The zero-order valence-corrected chi connectivity index (χ0v) is 31.3. The van der Waals surface area contributed by atoms with E-state index in [1.54, 1.807) is 0 Å². The van der Waals surface area contributed by atoms with Crippen LogP contribution in [0.4, 0.5) is 13.2 Å². The Morgan fingerprint density at radius 2 is 1.32 bits per heavy atom. The number of rotatable bonds is 8. The molecule has 0 bridgehead atoms. The molecule has 56 heavy (non-hydrogen) atoms. The number of hydrogen-bond donors (Lipinski definition) is 7. The zero-order valence-electron chi connectivity index (χ0n) is 30.4. The topological polar surface area (TPSA) is 182 Å². The maximum absolute atomic E-state index is 14.2. The second-order valence-electron chi connectivity index (χ2n) is 13.7. The van der Waals surface area contributed by atoms with Crippen LogP contribution in [0.15, 0.2) is 91.1 Å². The molecule has 12 nitrogen and oxygen atoms in total. The standard InChI is InChI=1S/C38H44N6O4S.C2HF3O2/c45-35-22-34(41-28-15-17-49-18-16-28)36(46)40-24-29(19-25-9-3-1-4-10-25)42-37(47)32(20-26-11-5-2-6-12-26)44-38(48)33(43-35)21-27-23-39-31-14-8-7-13-30(27)31;3-2(4,5)1(6)7/h1-14,23,28-29,32-34,39,41H,15-22,24H2,(H,40,46)(H,42,47)(H,43,45)(H,44,48);(H,6,7)/t29-,32+,33+,34-;/m1./s1. The first-order valence-corrected chi connectivity index (χ1v) is 19.5. The third-order valence-electron chi connectivity index (χ3n) is 9.47. The van der Waals surface area contributed by atoms with Gasteiger partial charge in [-0.15, -0.1) is 0 Å². The number of aromatic amines is 1. The van der Waals surface area contributed by atoms with Crippen molar-refractivity contribution in [2.45, 2.75) is 74.9 Å². The molecule has 4 atom stereocenters. The molecule has 298 valence electrons. The Morgan fingerprint density at radius 3 is 1.96 bits per heavy atom. The maximum Gasteiger partial charge on any atom is 0.490 e. The smallest absolute Gasteiger partial charge is 0.475 e. The summed E-state index contributed by atoms with van der Waals surface area (Å²) in [6.07, 6.45) is -0.647. The molecule has 2 aliphatic heterocycles. The van der Waals surface area contributed by atoms with E-state index in [0.717, 1.165) is 51.9 Å². The van der Waals surface area contributed by atoms with Gasteiger partial charge in [0.25, 0.3) is 0 Å². The monoisotopic (exact) mass is 794 g/mol. The van der Waals surface area contributed by atoms with Gasteiger partial charge in [-0.3, -0.25) is 19.2 Å². The number of para-hydroxylation sites is 1. The van der Waals surface area contributed by atoms with Gasteiger partial charge in [-0.25, -0.2) is 4.79 Å². The number of fused-ring (bicyclic) bond motifs is 1. The Labute approximate surface area is 326 Å². The second kappa shape index (κ2) is 20.0. The lowest BCUT2D eigenvalue weighted by Crippen LogP contribution is -2.59. The quantitative estimate of drug-likeness (QED) is 0.141. The highest BCUT2D eigenvalue weighted by Gasteiger charge is 2.38. The minimum atomic E-state index is -5.08. The van der Waals surface area contributed by atoms with E-state index in [0.29, 0.717) is 6.42 Å². The molecule has 1 aromatic heterocycles. The number of carbonyl (C=O) groups excluding carboxylic acids is 4. The van der Waals surface area contributed by atoms with Crippen LogP contribution in [0, 0.1) is 0 Å². The van der Waals surface area contributed by atoms with E-state index in [-0.39, 0.29) is 43.7 Å². The highest BCUT2D eigenvalue weighted by Crippen LogP contribution is 2.21. The summed E-state index contributed by atoms with van der Waals surface area (Å²) in [6, 6.07) is 24.0. The van der Waals surface area contributed by atoms with Gasteiger partial charge in [0, 0.05) is 42.5 Å². The molecule has 2 aliphatic rings. The van der Waals surface area contributed by atoms with E-state index in [2.05, 4.69) is 31.6 Å². The van der Waals surface area contributed by atoms with Crippen molar-refractivity contribution in [2.75, 3.05) is 18.1 Å². The predicted octanol–water partition coefficient (Wildman–Crippen LogP) is 3.66. The van der Waals surface area contributed by atoms with Crippen molar-refractivity contribution in [1.82, 2.24) is 31.6 Å². The number of aromatic nitrogens is 1. The number of carboxylic acid groups (broad SMARTS) is 1. The van der Waals surface area contributed by atoms with Crippen LogP contribution < -0.4 is 26.6 Å². The predicted molar refractivity (Wildman–Crippen MR) is 207 cm³/mol. The van der Waals surface area contributed by atoms with Crippen LogP contribution in [0.25, 0.3) is 10.9 Å². The zero-order chi connectivity index (χ0) is 40.1. The van der Waals surface area contributed by atoms with Gasteiger partial charge in [-0.2, -0.15) is 24.9 Å². The van der Waals surface area contributed by atoms with Crippen molar-refractivity contribution in [3.8, 4) is 0 Å². The van der Waals surface area contributed by atoms with Crippen LogP contribution in [0.3, 0.4) is 0 Å². The number of aliphatic carboxylic acids is 1. The van der Waals surface area contributed by atoms with Gasteiger partial charge in [-0.1, -0.05) is 78.9 Å². The van der Waals surface area contributed by atoms with Gasteiger partial charge in [0.1, 0.15) is 12.1 Å². The molecule has 7 N–H and O–H groups in total. The van der Waals surface area contributed by atoms with Crippen LogP contribution in [-0.2, 0) is 43.2 Å². The van der Waals surface area contributed by atoms with Gasteiger partial charge in [0.05, 0.1) is 18.5 Å². The van der Waals surface area contributed by atoms with Crippen molar-refractivity contribution in [3.63, 3.8) is 0 Å². The number of halogens is 3. The number of carbonyl (C=O) groups is 5. The van der Waals surface area contributed by atoms with Crippen molar-refractivity contribution in [1.29, 1.82) is 0 Å². The van der Waals surface area contributed by atoms with Gasteiger partial charge in [0.15, 0.2) is 0 Å². The van der Waals surface area contributed by atoms with E-state index >= 15 is 0 Å². The summed E-state index contributed by atoms with van der Waals surface area (Å²) >= 11 is 1.88. The summed E-state index contributed by atoms with van der Waals surface area (Å²) in [6.45, 7) is 0.162. The van der Waals surface area contributed by atoms with Gasteiger partial charge < -0.3 is 36.7 Å². The fraction of sp³-hybridized carbons (Fsp3) is 0.375. The normalized spacial score (nSPS) is 21.7. The summed E-state index contributed by atoms with van der Waals surface area (Å²) in [5, 5.41) is 23.6. The first-order chi connectivity index (χ1) is 26.9. The lowest BCUT2D eigenvalue weighted by atomic mass is 10.00. The Morgan fingerprint density at radius 1 is 0.750 bits per heavy atom. The molecule has 16 heteroatoms. The summed E-state index contributed by atoms with van der Waals surface area (Å²) in [5.41, 5.74) is 3.65. The van der Waals surface area contributed by atoms with Crippen LogP contribution in [0.1, 0.15) is 36.0 Å². The molecule has 2 fully saturated rings. The van der Waals surface area contributed by atoms with E-state index in [9.17, 15) is 32.3 Å². The first kappa shape index (κ1) is 41.8. The highest BCUT2D eigenvalue weighted by molar-refractivity contribution is 7.99.